The van der Waals surface area contributed by atoms with Gasteiger partial charge in [-0.15, -0.1) is 0 Å². The third-order valence-electron chi connectivity index (χ3n) is 2.88. The van der Waals surface area contributed by atoms with E-state index in [0.29, 0.717) is 15.7 Å². The summed E-state index contributed by atoms with van der Waals surface area (Å²) in [6.45, 7) is 1.79. The van der Waals surface area contributed by atoms with Gasteiger partial charge in [-0.3, -0.25) is 0 Å². The number of aryl methyl sites for hydroxylation is 1. The maximum Gasteiger partial charge on any atom is 0.161 e. The van der Waals surface area contributed by atoms with Gasteiger partial charge >= 0.3 is 0 Å². The molecule has 0 aliphatic rings. The molecule has 0 spiro atoms. The molecule has 0 atom stereocenters. The summed E-state index contributed by atoms with van der Waals surface area (Å²) in [5, 5.41) is 2.87. The number of halogens is 4. The fourth-order valence-corrected chi connectivity index (χ4v) is 3.08. The minimum absolute atomic E-state index is 0.0955. The smallest absolute Gasteiger partial charge is 0.161 e. The molecule has 0 bridgehead atoms. The zero-order chi connectivity index (χ0) is 15.7. The first-order valence-electron chi connectivity index (χ1n) is 5.81. The van der Waals surface area contributed by atoms with Gasteiger partial charge in [-0.25, -0.2) is 8.78 Å². The molecular weight excluding hydrogens is 426 g/mol. The first-order valence-corrected chi connectivity index (χ1v) is 7.81. The first kappa shape index (κ1) is 16.3. The maximum absolute atomic E-state index is 14.3. The van der Waals surface area contributed by atoms with Crippen LogP contribution in [0.3, 0.4) is 0 Å². The lowest BCUT2D eigenvalue weighted by Crippen LogP contribution is -2.11. The topological polar surface area (TPSA) is 38.0 Å². The molecule has 0 fully saturated rings. The van der Waals surface area contributed by atoms with Crippen LogP contribution < -0.4 is 11.1 Å². The monoisotopic (exact) mass is 434 g/mol. The zero-order valence-corrected chi connectivity index (χ0v) is 14.8. The second-order valence-corrected chi connectivity index (χ2v) is 6.45. The second kappa shape index (κ2) is 6.37. The van der Waals surface area contributed by atoms with Gasteiger partial charge in [-0.1, -0.05) is 12.2 Å². The van der Waals surface area contributed by atoms with Gasteiger partial charge in [0.2, 0.25) is 0 Å². The molecule has 0 saturated carbocycles. The van der Waals surface area contributed by atoms with Crippen molar-refractivity contribution in [3.63, 3.8) is 0 Å². The van der Waals surface area contributed by atoms with Crippen molar-refractivity contribution in [2.24, 2.45) is 5.73 Å². The Morgan fingerprint density at radius 2 is 1.86 bits per heavy atom. The molecule has 2 aromatic rings. The van der Waals surface area contributed by atoms with E-state index in [1.54, 1.807) is 19.1 Å². The molecule has 3 N–H and O–H groups in total. The zero-order valence-electron chi connectivity index (χ0n) is 10.8. The number of hydrogen-bond donors (Lipinski definition) is 2. The van der Waals surface area contributed by atoms with Crippen molar-refractivity contribution in [3.05, 3.63) is 56.0 Å². The minimum Gasteiger partial charge on any atom is -0.389 e. The number of anilines is 2. The largest absolute Gasteiger partial charge is 0.389 e. The average molecular weight is 436 g/mol. The highest BCUT2D eigenvalue weighted by molar-refractivity contribution is 9.10. The van der Waals surface area contributed by atoms with Gasteiger partial charge in [0.1, 0.15) is 10.8 Å². The Morgan fingerprint density at radius 1 is 1.19 bits per heavy atom. The van der Waals surface area contributed by atoms with Crippen LogP contribution in [-0.4, -0.2) is 4.99 Å². The molecule has 0 amide bonds. The maximum atomic E-state index is 14.3. The molecule has 0 heterocycles. The molecule has 110 valence electrons. The Labute approximate surface area is 143 Å². The van der Waals surface area contributed by atoms with Crippen molar-refractivity contribution in [3.8, 4) is 0 Å². The third-order valence-corrected chi connectivity index (χ3v) is 4.49. The van der Waals surface area contributed by atoms with Gasteiger partial charge in [0.15, 0.2) is 5.82 Å². The molecule has 2 aromatic carbocycles. The summed E-state index contributed by atoms with van der Waals surface area (Å²) in [6.07, 6.45) is 0. The second-order valence-electron chi connectivity index (χ2n) is 4.36. The predicted molar refractivity (Wildman–Crippen MR) is 92.1 cm³/mol. The van der Waals surface area contributed by atoms with Gasteiger partial charge in [0.05, 0.1) is 14.6 Å². The number of thiocarbonyl (C=S) groups is 1. The van der Waals surface area contributed by atoms with Crippen molar-refractivity contribution >= 4 is 60.4 Å². The first-order chi connectivity index (χ1) is 9.81. The summed E-state index contributed by atoms with van der Waals surface area (Å²) in [7, 11) is 0. The van der Waals surface area contributed by atoms with Crippen molar-refractivity contribution in [1.29, 1.82) is 0 Å². The highest BCUT2D eigenvalue weighted by Gasteiger charge is 2.14. The number of hydrogen-bond acceptors (Lipinski definition) is 2. The number of nitrogens with one attached hydrogen (secondary N) is 1. The Morgan fingerprint density at radius 3 is 2.48 bits per heavy atom. The lowest BCUT2D eigenvalue weighted by molar-refractivity contribution is 0.619. The van der Waals surface area contributed by atoms with Crippen LogP contribution in [0.15, 0.2) is 33.2 Å². The number of benzene rings is 2. The van der Waals surface area contributed by atoms with E-state index in [1.807, 2.05) is 0 Å². The van der Waals surface area contributed by atoms with E-state index in [-0.39, 0.29) is 15.1 Å². The van der Waals surface area contributed by atoms with E-state index in [0.717, 1.165) is 5.56 Å². The van der Waals surface area contributed by atoms with Crippen molar-refractivity contribution in [2.75, 3.05) is 5.32 Å². The Kier molecular flexibility index (Phi) is 4.95. The van der Waals surface area contributed by atoms with Crippen LogP contribution in [0.5, 0.6) is 0 Å². The van der Waals surface area contributed by atoms with Crippen LogP contribution in [-0.2, 0) is 0 Å². The fraction of sp³-hybridized carbons (Fsp3) is 0.0714. The molecule has 0 aromatic heterocycles. The van der Waals surface area contributed by atoms with Crippen LogP contribution >= 0.6 is 44.1 Å². The number of rotatable bonds is 3. The van der Waals surface area contributed by atoms with E-state index in [1.165, 1.54) is 12.1 Å². The number of nitrogens with two attached hydrogens (primary N) is 1. The van der Waals surface area contributed by atoms with E-state index in [9.17, 15) is 8.78 Å². The quantitative estimate of drug-likeness (QED) is 0.652. The summed E-state index contributed by atoms with van der Waals surface area (Å²) >= 11 is 11.1. The lowest BCUT2D eigenvalue weighted by Gasteiger charge is -2.13. The van der Waals surface area contributed by atoms with Gasteiger partial charge < -0.3 is 11.1 Å². The molecule has 2 nitrogen and oxygen atoms in total. The summed E-state index contributed by atoms with van der Waals surface area (Å²) in [6, 6.07) is 6.03. The standard InChI is InChI=1S/C14H10Br2F2N2S/c1-6-4-8(15)9(17)5-11(6)20-10-3-2-7(14(19)21)12(16)13(10)18/h2-5,20H,1H3,(H2,19,21). The van der Waals surface area contributed by atoms with E-state index in [4.69, 9.17) is 18.0 Å². The van der Waals surface area contributed by atoms with E-state index < -0.39 is 11.6 Å². The van der Waals surface area contributed by atoms with Gasteiger partial charge in [0.25, 0.3) is 0 Å². The van der Waals surface area contributed by atoms with Crippen LogP contribution in [0.4, 0.5) is 20.2 Å². The summed E-state index contributed by atoms with van der Waals surface area (Å²) in [5.74, 6) is -0.967. The normalized spacial score (nSPS) is 10.5. The average Bonchev–Trinajstić information content (AvgIpc) is 2.40. The molecule has 0 saturated heterocycles. The molecule has 2 rings (SSSR count). The van der Waals surface area contributed by atoms with E-state index >= 15 is 0 Å². The Hall–Kier alpha value is -1.05. The van der Waals surface area contributed by atoms with Crippen molar-refractivity contribution < 1.29 is 8.78 Å². The van der Waals surface area contributed by atoms with Crippen LogP contribution in [0, 0.1) is 18.6 Å². The lowest BCUT2D eigenvalue weighted by atomic mass is 10.1. The molecule has 0 aliphatic carbocycles. The molecule has 0 aliphatic heterocycles. The summed E-state index contributed by atoms with van der Waals surface area (Å²) in [4.78, 5) is 0.0955. The van der Waals surface area contributed by atoms with Gasteiger partial charge in [-0.2, -0.15) is 0 Å². The fourth-order valence-electron chi connectivity index (χ4n) is 1.76. The molecule has 0 unspecified atom stereocenters. The molecule has 0 radical (unpaired) electrons. The molecule has 21 heavy (non-hydrogen) atoms. The third kappa shape index (κ3) is 3.41. The highest BCUT2D eigenvalue weighted by Crippen LogP contribution is 2.31. The van der Waals surface area contributed by atoms with Crippen LogP contribution in [0.1, 0.15) is 11.1 Å². The van der Waals surface area contributed by atoms with Gasteiger partial charge in [0, 0.05) is 11.3 Å². The molecular formula is C14H10Br2F2N2S. The van der Waals surface area contributed by atoms with E-state index in [2.05, 4.69) is 37.2 Å². The highest BCUT2D eigenvalue weighted by atomic mass is 79.9. The van der Waals surface area contributed by atoms with Crippen molar-refractivity contribution in [2.45, 2.75) is 6.92 Å². The summed E-state index contributed by atoms with van der Waals surface area (Å²) in [5.41, 5.74) is 7.37. The van der Waals surface area contributed by atoms with Gasteiger partial charge in [-0.05, 0) is 68.6 Å². The Bertz CT molecular complexity index is 735. The Balaban J connectivity index is 2.43. The summed E-state index contributed by atoms with van der Waals surface area (Å²) < 4.78 is 28.4. The van der Waals surface area contributed by atoms with Crippen molar-refractivity contribution in [1.82, 2.24) is 0 Å². The van der Waals surface area contributed by atoms with Crippen LogP contribution in [0.2, 0.25) is 0 Å². The van der Waals surface area contributed by atoms with Crippen LogP contribution in [0.25, 0.3) is 0 Å². The predicted octanol–water partition coefficient (Wildman–Crippen LogP) is 5.18. The molecule has 7 heteroatoms. The minimum atomic E-state index is -0.539. The SMILES string of the molecule is Cc1cc(Br)c(F)cc1Nc1ccc(C(N)=S)c(Br)c1F.